The highest BCUT2D eigenvalue weighted by molar-refractivity contribution is 7.84. The first-order valence-electron chi connectivity index (χ1n) is 7.94. The lowest BCUT2D eigenvalue weighted by atomic mass is 9.93. The van der Waals surface area contributed by atoms with Gasteiger partial charge in [0.15, 0.2) is 0 Å². The fourth-order valence-corrected chi connectivity index (χ4v) is 4.40. The number of rotatable bonds is 3. The van der Waals surface area contributed by atoms with Crippen molar-refractivity contribution in [2.45, 2.75) is 70.8 Å². The van der Waals surface area contributed by atoms with Crippen molar-refractivity contribution in [2.24, 2.45) is 5.92 Å². The van der Waals surface area contributed by atoms with E-state index in [0.717, 1.165) is 24.3 Å². The van der Waals surface area contributed by atoms with Crippen molar-refractivity contribution in [2.75, 3.05) is 11.5 Å². The summed E-state index contributed by atoms with van der Waals surface area (Å²) in [5.41, 5.74) is 1.49. The molecule has 2 aliphatic rings. The van der Waals surface area contributed by atoms with E-state index in [1.54, 1.807) is 0 Å². The van der Waals surface area contributed by atoms with Crippen LogP contribution >= 0.6 is 0 Å². The summed E-state index contributed by atoms with van der Waals surface area (Å²) in [6, 6.07) is 0. The topological polar surface area (TPSA) is 26.3 Å². The first-order valence-corrected chi connectivity index (χ1v) is 9.43. The van der Waals surface area contributed by atoms with E-state index in [-0.39, 0.29) is 6.10 Å². The van der Waals surface area contributed by atoms with E-state index < -0.39 is 10.8 Å². The zero-order valence-electron chi connectivity index (χ0n) is 12.2. The Labute approximate surface area is 120 Å². The van der Waals surface area contributed by atoms with E-state index in [1.807, 2.05) is 6.26 Å². The van der Waals surface area contributed by atoms with Gasteiger partial charge in [0.1, 0.15) is 0 Å². The fourth-order valence-electron chi connectivity index (χ4n) is 3.11. The molecule has 110 valence electrons. The summed E-state index contributed by atoms with van der Waals surface area (Å²) in [7, 11) is -0.585. The zero-order chi connectivity index (χ0) is 13.5. The lowest BCUT2D eigenvalue weighted by molar-refractivity contribution is 0.0913. The molecule has 0 aromatic carbocycles. The van der Waals surface area contributed by atoms with Crippen LogP contribution in [0.15, 0.2) is 11.8 Å². The quantitative estimate of drug-likeness (QED) is 0.727. The predicted molar refractivity (Wildman–Crippen MR) is 81.5 cm³/mol. The summed E-state index contributed by atoms with van der Waals surface area (Å²) in [4.78, 5) is 0. The molecule has 1 aliphatic carbocycles. The molecule has 0 N–H and O–H groups in total. The van der Waals surface area contributed by atoms with Crippen molar-refractivity contribution in [1.82, 2.24) is 0 Å². The normalized spacial score (nSPS) is 31.1. The van der Waals surface area contributed by atoms with Gasteiger partial charge in [0.2, 0.25) is 0 Å². The molecule has 2 fully saturated rings. The summed E-state index contributed by atoms with van der Waals surface area (Å²) in [5, 5.41) is 0. The summed E-state index contributed by atoms with van der Waals surface area (Å²) in [6.45, 7) is 2.19. The molecule has 1 saturated carbocycles. The molecule has 0 aromatic heterocycles. The summed E-state index contributed by atoms with van der Waals surface area (Å²) in [6.07, 6.45) is 13.4. The van der Waals surface area contributed by atoms with Crippen LogP contribution < -0.4 is 0 Å². The summed E-state index contributed by atoms with van der Waals surface area (Å²) in [5.74, 6) is 2.37. The smallest absolute Gasteiger partial charge is 0.0978 e. The second-order valence-electron chi connectivity index (χ2n) is 6.07. The highest BCUT2D eigenvalue weighted by atomic mass is 32.2. The molecule has 3 heteroatoms. The number of hydrogen-bond acceptors (Lipinski definition) is 2. The van der Waals surface area contributed by atoms with Crippen molar-refractivity contribution in [3.05, 3.63) is 11.8 Å². The van der Waals surface area contributed by atoms with E-state index in [0.29, 0.717) is 5.92 Å². The third-order valence-corrected chi connectivity index (χ3v) is 5.96. The SMILES string of the molecule is CC(OC=C1CCCCC1)C1CCCCS(=O)CC1. The maximum atomic E-state index is 11.7. The number of allylic oxidation sites excluding steroid dienone is 1. The van der Waals surface area contributed by atoms with Crippen molar-refractivity contribution >= 4 is 10.8 Å². The minimum absolute atomic E-state index is 0.282. The Morgan fingerprint density at radius 1 is 1.11 bits per heavy atom. The highest BCUT2D eigenvalue weighted by Gasteiger charge is 2.21. The summed E-state index contributed by atoms with van der Waals surface area (Å²) < 4.78 is 17.7. The molecule has 19 heavy (non-hydrogen) atoms. The van der Waals surface area contributed by atoms with Gasteiger partial charge in [-0.25, -0.2) is 0 Å². The van der Waals surface area contributed by atoms with Gasteiger partial charge in [0.05, 0.1) is 12.4 Å². The second-order valence-corrected chi connectivity index (χ2v) is 7.77. The van der Waals surface area contributed by atoms with Crippen LogP contribution in [-0.2, 0) is 15.5 Å². The minimum Gasteiger partial charge on any atom is -0.498 e. The third-order valence-electron chi connectivity index (χ3n) is 4.52. The van der Waals surface area contributed by atoms with Crippen molar-refractivity contribution in [1.29, 1.82) is 0 Å². The number of ether oxygens (including phenoxy) is 1. The first-order chi connectivity index (χ1) is 9.25. The maximum Gasteiger partial charge on any atom is 0.0978 e. The van der Waals surface area contributed by atoms with Gasteiger partial charge in [-0.15, -0.1) is 0 Å². The van der Waals surface area contributed by atoms with Crippen molar-refractivity contribution < 1.29 is 8.95 Å². The Hall–Kier alpha value is -0.310. The molecule has 0 radical (unpaired) electrons. The fraction of sp³-hybridized carbons (Fsp3) is 0.875. The van der Waals surface area contributed by atoms with Gasteiger partial charge in [-0.2, -0.15) is 0 Å². The maximum absolute atomic E-state index is 11.7. The van der Waals surface area contributed by atoms with Gasteiger partial charge in [0.25, 0.3) is 0 Å². The molecule has 0 bridgehead atoms. The average molecular weight is 284 g/mol. The predicted octanol–water partition coefficient (Wildman–Crippen LogP) is 4.18. The minimum atomic E-state index is -0.585. The Bertz CT molecular complexity index is 317. The van der Waals surface area contributed by atoms with Crippen LogP contribution in [0.3, 0.4) is 0 Å². The Kier molecular flexibility index (Phi) is 6.42. The molecular formula is C16H28O2S. The van der Waals surface area contributed by atoms with Crippen molar-refractivity contribution in [3.8, 4) is 0 Å². The Morgan fingerprint density at radius 2 is 1.89 bits per heavy atom. The molecule has 2 nitrogen and oxygen atoms in total. The van der Waals surface area contributed by atoms with E-state index in [2.05, 4.69) is 6.92 Å². The van der Waals surface area contributed by atoms with Gasteiger partial charge in [-0.3, -0.25) is 4.21 Å². The molecule has 0 amide bonds. The molecule has 1 aliphatic heterocycles. The monoisotopic (exact) mass is 284 g/mol. The number of hydrogen-bond donors (Lipinski definition) is 0. The van der Waals surface area contributed by atoms with Gasteiger partial charge in [-0.1, -0.05) is 12.8 Å². The van der Waals surface area contributed by atoms with Crippen LogP contribution in [0.5, 0.6) is 0 Å². The van der Waals surface area contributed by atoms with E-state index in [1.165, 1.54) is 50.5 Å². The summed E-state index contributed by atoms with van der Waals surface area (Å²) >= 11 is 0. The zero-order valence-corrected chi connectivity index (χ0v) is 13.1. The van der Waals surface area contributed by atoms with E-state index >= 15 is 0 Å². The molecule has 2 rings (SSSR count). The molecule has 0 spiro atoms. The van der Waals surface area contributed by atoms with Crippen LogP contribution in [0.2, 0.25) is 0 Å². The van der Waals surface area contributed by atoms with Crippen LogP contribution in [0.1, 0.15) is 64.7 Å². The lowest BCUT2D eigenvalue weighted by Crippen LogP contribution is -2.23. The van der Waals surface area contributed by atoms with Crippen LogP contribution in [-0.4, -0.2) is 21.8 Å². The third kappa shape index (κ3) is 5.29. The van der Waals surface area contributed by atoms with Gasteiger partial charge in [-0.05, 0) is 63.4 Å². The standard InChI is InChI=1S/C16H28O2S/c1-14(18-13-15-7-3-2-4-8-15)16-9-5-6-11-19(17)12-10-16/h13-14,16H,2-12H2,1H3. The van der Waals surface area contributed by atoms with Crippen LogP contribution in [0.4, 0.5) is 0 Å². The Morgan fingerprint density at radius 3 is 2.68 bits per heavy atom. The molecule has 1 heterocycles. The van der Waals surface area contributed by atoms with Gasteiger partial charge >= 0.3 is 0 Å². The first kappa shape index (κ1) is 15.1. The molecule has 3 atom stereocenters. The molecule has 1 saturated heterocycles. The van der Waals surface area contributed by atoms with Gasteiger partial charge < -0.3 is 4.74 Å². The molecule has 0 aromatic rings. The highest BCUT2D eigenvalue weighted by Crippen LogP contribution is 2.26. The molecular weight excluding hydrogens is 256 g/mol. The van der Waals surface area contributed by atoms with E-state index in [9.17, 15) is 4.21 Å². The lowest BCUT2D eigenvalue weighted by Gasteiger charge is -2.26. The van der Waals surface area contributed by atoms with Crippen LogP contribution in [0, 0.1) is 5.92 Å². The van der Waals surface area contributed by atoms with Crippen LogP contribution in [0.25, 0.3) is 0 Å². The average Bonchev–Trinajstić information content (AvgIpc) is 2.42. The largest absolute Gasteiger partial charge is 0.498 e. The molecule has 3 unspecified atom stereocenters. The van der Waals surface area contributed by atoms with E-state index in [4.69, 9.17) is 4.74 Å². The Balaban J connectivity index is 1.80. The van der Waals surface area contributed by atoms with Gasteiger partial charge in [0, 0.05) is 22.3 Å². The van der Waals surface area contributed by atoms with Crippen molar-refractivity contribution in [3.63, 3.8) is 0 Å². The second kappa shape index (κ2) is 8.08.